The zero-order chi connectivity index (χ0) is 20.1. The fourth-order valence-electron chi connectivity index (χ4n) is 3.36. The average Bonchev–Trinajstić information content (AvgIpc) is 2.68. The number of ether oxygens (including phenoxy) is 2. The van der Waals surface area contributed by atoms with E-state index >= 15 is 0 Å². The van der Waals surface area contributed by atoms with Gasteiger partial charge in [-0.05, 0) is 24.1 Å². The highest BCUT2D eigenvalue weighted by Crippen LogP contribution is 2.31. The molecule has 0 spiro atoms. The van der Waals surface area contributed by atoms with Gasteiger partial charge in [-0.3, -0.25) is 4.79 Å². The number of carbonyl (C=O) groups excluding carboxylic acids is 1. The Morgan fingerprint density at radius 2 is 1.68 bits per heavy atom. The van der Waals surface area contributed by atoms with Gasteiger partial charge >= 0.3 is 0 Å². The molecule has 0 saturated carbocycles. The second-order valence-corrected chi connectivity index (χ2v) is 9.38. The number of hydrogen-bond acceptors (Lipinski definition) is 6. The van der Waals surface area contributed by atoms with Crippen molar-refractivity contribution in [3.05, 3.63) is 18.2 Å². The molecule has 1 amide bonds. The van der Waals surface area contributed by atoms with E-state index in [1.807, 2.05) is 13.8 Å². The number of amides is 1. The van der Waals surface area contributed by atoms with E-state index < -0.39 is 10.0 Å². The Morgan fingerprint density at radius 3 is 2.29 bits per heavy atom. The van der Waals surface area contributed by atoms with Crippen molar-refractivity contribution in [1.82, 2.24) is 4.31 Å². The van der Waals surface area contributed by atoms with E-state index in [0.717, 1.165) is 5.69 Å². The molecule has 0 aliphatic carbocycles. The predicted molar refractivity (Wildman–Crippen MR) is 107 cm³/mol. The number of rotatable bonds is 6. The molecule has 8 nitrogen and oxygen atoms in total. The summed E-state index contributed by atoms with van der Waals surface area (Å²) in [6.45, 7) is 8.01. The predicted octanol–water partition coefficient (Wildman–Crippen LogP) is 1.53. The summed E-state index contributed by atoms with van der Waals surface area (Å²) >= 11 is 0. The molecule has 2 saturated heterocycles. The van der Waals surface area contributed by atoms with Gasteiger partial charge < -0.3 is 19.7 Å². The number of nitrogens with zero attached hydrogens (tertiary/aromatic N) is 2. The summed E-state index contributed by atoms with van der Waals surface area (Å²) in [5, 5.41) is 2.93. The lowest BCUT2D eigenvalue weighted by atomic mass is 10.1. The number of anilines is 2. The molecule has 0 radical (unpaired) electrons. The van der Waals surface area contributed by atoms with Crippen molar-refractivity contribution in [2.75, 3.05) is 62.8 Å². The highest BCUT2D eigenvalue weighted by atomic mass is 32.2. The molecule has 2 aliphatic heterocycles. The lowest BCUT2D eigenvalue weighted by Gasteiger charge is -2.31. The molecule has 156 valence electrons. The standard InChI is InChI=1S/C19H29N3O5S/c1-15(2)13-19(23)20-17-14-16(28(24,25)22-7-11-27-12-8-22)3-4-18(17)21-5-9-26-10-6-21/h3-4,14-15H,5-13H2,1-2H3,(H,20,23). The van der Waals surface area contributed by atoms with Crippen LogP contribution in [-0.2, 0) is 24.3 Å². The maximum atomic E-state index is 13.0. The maximum absolute atomic E-state index is 13.0. The first-order valence-corrected chi connectivity index (χ1v) is 11.2. The van der Waals surface area contributed by atoms with Crippen molar-refractivity contribution < 1.29 is 22.7 Å². The number of sulfonamides is 1. The third kappa shape index (κ3) is 5.02. The molecule has 1 N–H and O–H groups in total. The summed E-state index contributed by atoms with van der Waals surface area (Å²) < 4.78 is 38.1. The molecule has 0 unspecified atom stereocenters. The van der Waals surface area contributed by atoms with E-state index in [-0.39, 0.29) is 16.7 Å². The molecule has 3 rings (SSSR count). The highest BCUT2D eigenvalue weighted by molar-refractivity contribution is 7.89. The number of morpholine rings is 2. The highest BCUT2D eigenvalue weighted by Gasteiger charge is 2.28. The van der Waals surface area contributed by atoms with Gasteiger partial charge in [-0.15, -0.1) is 0 Å². The van der Waals surface area contributed by atoms with E-state index in [9.17, 15) is 13.2 Å². The van der Waals surface area contributed by atoms with Crippen LogP contribution in [0.5, 0.6) is 0 Å². The van der Waals surface area contributed by atoms with Gasteiger partial charge in [0.2, 0.25) is 15.9 Å². The Bertz CT molecular complexity index is 785. The number of nitrogens with one attached hydrogen (secondary N) is 1. The molecule has 2 heterocycles. The van der Waals surface area contributed by atoms with Crippen LogP contribution in [0.15, 0.2) is 23.1 Å². The van der Waals surface area contributed by atoms with E-state index in [0.29, 0.717) is 64.7 Å². The van der Waals surface area contributed by atoms with Crippen LogP contribution in [-0.4, -0.2) is 71.2 Å². The fourth-order valence-corrected chi connectivity index (χ4v) is 4.80. The number of carbonyl (C=O) groups is 1. The quantitative estimate of drug-likeness (QED) is 0.764. The second-order valence-electron chi connectivity index (χ2n) is 7.44. The Labute approximate surface area is 166 Å². The molecule has 0 aromatic heterocycles. The first kappa shape index (κ1) is 21.0. The molecular weight excluding hydrogens is 382 g/mol. The van der Waals surface area contributed by atoms with Gasteiger partial charge in [0, 0.05) is 32.6 Å². The van der Waals surface area contributed by atoms with Gasteiger partial charge in [-0.1, -0.05) is 13.8 Å². The summed E-state index contributed by atoms with van der Waals surface area (Å²) in [4.78, 5) is 14.7. The van der Waals surface area contributed by atoms with Crippen molar-refractivity contribution in [1.29, 1.82) is 0 Å². The number of benzene rings is 1. The summed E-state index contributed by atoms with van der Waals surface area (Å²) in [7, 11) is -3.63. The van der Waals surface area contributed by atoms with Crippen LogP contribution in [0.3, 0.4) is 0 Å². The van der Waals surface area contributed by atoms with Crippen LogP contribution in [0.1, 0.15) is 20.3 Å². The maximum Gasteiger partial charge on any atom is 0.243 e. The summed E-state index contributed by atoms with van der Waals surface area (Å²) in [5.74, 6) is 0.0949. The van der Waals surface area contributed by atoms with Crippen LogP contribution in [0, 0.1) is 5.92 Å². The molecule has 2 aliphatic rings. The third-order valence-corrected chi connectivity index (χ3v) is 6.69. The van der Waals surface area contributed by atoms with Crippen molar-refractivity contribution in [2.45, 2.75) is 25.2 Å². The first-order chi connectivity index (χ1) is 13.4. The largest absolute Gasteiger partial charge is 0.379 e. The Kier molecular flexibility index (Phi) is 6.92. The van der Waals surface area contributed by atoms with Crippen LogP contribution >= 0.6 is 0 Å². The van der Waals surface area contributed by atoms with Crippen molar-refractivity contribution in [3.63, 3.8) is 0 Å². The first-order valence-electron chi connectivity index (χ1n) is 9.72. The average molecular weight is 412 g/mol. The Balaban J connectivity index is 1.92. The molecular formula is C19H29N3O5S. The normalized spacial score (nSPS) is 19.0. The smallest absolute Gasteiger partial charge is 0.243 e. The minimum Gasteiger partial charge on any atom is -0.379 e. The van der Waals surface area contributed by atoms with Gasteiger partial charge in [-0.2, -0.15) is 4.31 Å². The number of hydrogen-bond donors (Lipinski definition) is 1. The molecule has 0 bridgehead atoms. The summed E-state index contributed by atoms with van der Waals surface area (Å²) in [6, 6.07) is 4.98. The monoisotopic (exact) mass is 411 g/mol. The molecule has 9 heteroatoms. The van der Waals surface area contributed by atoms with Crippen LogP contribution in [0.4, 0.5) is 11.4 Å². The third-order valence-electron chi connectivity index (χ3n) is 4.80. The lowest BCUT2D eigenvalue weighted by Crippen LogP contribution is -2.40. The van der Waals surface area contributed by atoms with Crippen LogP contribution in [0.25, 0.3) is 0 Å². The lowest BCUT2D eigenvalue weighted by molar-refractivity contribution is -0.116. The fraction of sp³-hybridized carbons (Fsp3) is 0.632. The molecule has 1 aromatic rings. The summed E-state index contributed by atoms with van der Waals surface area (Å²) in [6.07, 6.45) is 0.378. The van der Waals surface area contributed by atoms with E-state index in [4.69, 9.17) is 9.47 Å². The van der Waals surface area contributed by atoms with Crippen LogP contribution < -0.4 is 10.2 Å². The zero-order valence-electron chi connectivity index (χ0n) is 16.5. The Hall–Kier alpha value is -1.68. The van der Waals surface area contributed by atoms with Crippen molar-refractivity contribution in [2.24, 2.45) is 5.92 Å². The SMILES string of the molecule is CC(C)CC(=O)Nc1cc(S(=O)(=O)N2CCOCC2)ccc1N1CCOCC1. The van der Waals surface area contributed by atoms with E-state index in [1.165, 1.54) is 4.31 Å². The second kappa shape index (κ2) is 9.21. The molecule has 28 heavy (non-hydrogen) atoms. The van der Waals surface area contributed by atoms with Gasteiger partial charge in [0.25, 0.3) is 0 Å². The molecule has 0 atom stereocenters. The topological polar surface area (TPSA) is 88.2 Å². The van der Waals surface area contributed by atoms with E-state index in [2.05, 4.69) is 10.2 Å². The van der Waals surface area contributed by atoms with Crippen molar-refractivity contribution >= 4 is 27.3 Å². The summed E-state index contributed by atoms with van der Waals surface area (Å²) in [5.41, 5.74) is 1.35. The van der Waals surface area contributed by atoms with Gasteiger partial charge in [0.15, 0.2) is 0 Å². The minimum absolute atomic E-state index is 0.120. The van der Waals surface area contributed by atoms with E-state index in [1.54, 1.807) is 18.2 Å². The zero-order valence-corrected chi connectivity index (χ0v) is 17.3. The van der Waals surface area contributed by atoms with Crippen LogP contribution in [0.2, 0.25) is 0 Å². The van der Waals surface area contributed by atoms with Gasteiger partial charge in [0.1, 0.15) is 0 Å². The Morgan fingerprint density at radius 1 is 1.07 bits per heavy atom. The van der Waals surface area contributed by atoms with Crippen molar-refractivity contribution in [3.8, 4) is 0 Å². The molecule has 2 fully saturated rings. The molecule has 1 aromatic carbocycles. The minimum atomic E-state index is -3.63. The van der Waals surface area contributed by atoms with Gasteiger partial charge in [-0.25, -0.2) is 8.42 Å². The van der Waals surface area contributed by atoms with Gasteiger partial charge in [0.05, 0.1) is 42.7 Å².